The lowest BCUT2D eigenvalue weighted by Crippen LogP contribution is -2.31. The Labute approximate surface area is 128 Å². The second kappa shape index (κ2) is 8.14. The second-order valence-electron chi connectivity index (χ2n) is 4.97. The molecule has 7 heteroatoms. The summed E-state index contributed by atoms with van der Waals surface area (Å²) < 4.78 is 0. The number of fused-ring (bicyclic) bond motifs is 1. The van der Waals surface area contributed by atoms with Crippen LogP contribution in [-0.4, -0.2) is 41.6 Å². The smallest absolute Gasteiger partial charge is 0.272 e. The number of para-hydroxylation sites is 1. The fourth-order valence-corrected chi connectivity index (χ4v) is 2.10. The topological polar surface area (TPSA) is 113 Å². The zero-order chi connectivity index (χ0) is 15.8. The molecule has 5 N–H and O–H groups in total. The summed E-state index contributed by atoms with van der Waals surface area (Å²) in [6.45, 7) is 1.53. The Morgan fingerprint density at radius 1 is 1.14 bits per heavy atom. The number of H-pyrrole nitrogens is 1. The molecular weight excluding hydrogens is 282 g/mol. The van der Waals surface area contributed by atoms with E-state index in [-0.39, 0.29) is 24.8 Å². The Morgan fingerprint density at radius 3 is 2.77 bits per heavy atom. The molecule has 22 heavy (non-hydrogen) atoms. The Kier molecular flexibility index (Phi) is 5.91. The van der Waals surface area contributed by atoms with Crippen LogP contribution in [0.2, 0.25) is 0 Å². The fraction of sp³-hybridized carbons (Fsp3) is 0.400. The van der Waals surface area contributed by atoms with Gasteiger partial charge < -0.3 is 16.4 Å². The van der Waals surface area contributed by atoms with E-state index in [9.17, 15) is 9.59 Å². The molecule has 0 atom stereocenters. The van der Waals surface area contributed by atoms with Crippen molar-refractivity contribution in [3.8, 4) is 0 Å². The van der Waals surface area contributed by atoms with Gasteiger partial charge >= 0.3 is 0 Å². The molecule has 0 saturated carbocycles. The minimum absolute atomic E-state index is 0.0794. The number of rotatable bonds is 8. The van der Waals surface area contributed by atoms with Crippen molar-refractivity contribution in [1.29, 1.82) is 0 Å². The maximum Gasteiger partial charge on any atom is 0.272 e. The highest BCUT2D eigenvalue weighted by molar-refractivity contribution is 6.04. The van der Waals surface area contributed by atoms with E-state index in [0.29, 0.717) is 18.8 Å². The first kappa shape index (κ1) is 16.0. The molecule has 0 spiro atoms. The van der Waals surface area contributed by atoms with E-state index in [2.05, 4.69) is 20.8 Å². The van der Waals surface area contributed by atoms with Crippen molar-refractivity contribution < 1.29 is 9.59 Å². The van der Waals surface area contributed by atoms with Gasteiger partial charge in [-0.2, -0.15) is 5.10 Å². The van der Waals surface area contributed by atoms with E-state index in [1.807, 2.05) is 24.3 Å². The summed E-state index contributed by atoms with van der Waals surface area (Å²) in [6.07, 6.45) is 2.01. The van der Waals surface area contributed by atoms with Gasteiger partial charge in [0.2, 0.25) is 5.91 Å². The van der Waals surface area contributed by atoms with Crippen LogP contribution in [0.25, 0.3) is 10.9 Å². The summed E-state index contributed by atoms with van der Waals surface area (Å²) in [6, 6.07) is 7.41. The van der Waals surface area contributed by atoms with Crippen molar-refractivity contribution in [3.05, 3.63) is 30.0 Å². The lowest BCUT2D eigenvalue weighted by molar-refractivity contribution is -0.120. The van der Waals surface area contributed by atoms with Crippen LogP contribution in [0.15, 0.2) is 24.3 Å². The van der Waals surface area contributed by atoms with Gasteiger partial charge in [0.25, 0.3) is 5.91 Å². The zero-order valence-electron chi connectivity index (χ0n) is 12.4. The SMILES string of the molecule is NCCCCNC(=O)CCNC(=O)c1n[nH]c2ccccc12. The fourth-order valence-electron chi connectivity index (χ4n) is 2.10. The number of benzene rings is 1. The van der Waals surface area contributed by atoms with Gasteiger partial charge in [-0.15, -0.1) is 0 Å². The summed E-state index contributed by atoms with van der Waals surface area (Å²) >= 11 is 0. The molecule has 0 aliphatic carbocycles. The number of nitrogens with two attached hydrogens (primary N) is 1. The highest BCUT2D eigenvalue weighted by Gasteiger charge is 2.13. The molecule has 0 fully saturated rings. The molecule has 0 radical (unpaired) electrons. The summed E-state index contributed by atoms with van der Waals surface area (Å²) in [4.78, 5) is 23.6. The normalized spacial score (nSPS) is 10.6. The largest absolute Gasteiger partial charge is 0.356 e. The first-order valence-electron chi connectivity index (χ1n) is 7.40. The first-order chi connectivity index (χ1) is 10.7. The van der Waals surface area contributed by atoms with E-state index in [4.69, 9.17) is 5.73 Å². The number of carbonyl (C=O) groups is 2. The quantitative estimate of drug-likeness (QED) is 0.533. The second-order valence-corrected chi connectivity index (χ2v) is 4.97. The van der Waals surface area contributed by atoms with E-state index < -0.39 is 0 Å². The highest BCUT2D eigenvalue weighted by atomic mass is 16.2. The molecule has 1 aromatic carbocycles. The van der Waals surface area contributed by atoms with Crippen LogP contribution >= 0.6 is 0 Å². The number of carbonyl (C=O) groups excluding carboxylic acids is 2. The van der Waals surface area contributed by atoms with Gasteiger partial charge in [-0.25, -0.2) is 0 Å². The molecule has 2 aromatic rings. The molecule has 1 aromatic heterocycles. The highest BCUT2D eigenvalue weighted by Crippen LogP contribution is 2.14. The van der Waals surface area contributed by atoms with Crippen molar-refractivity contribution >= 4 is 22.7 Å². The Balaban J connectivity index is 1.75. The summed E-state index contributed by atoms with van der Waals surface area (Å²) in [5, 5.41) is 13.1. The molecule has 0 aliphatic heterocycles. The number of hydrogen-bond acceptors (Lipinski definition) is 4. The number of nitrogens with zero attached hydrogens (tertiary/aromatic N) is 1. The van der Waals surface area contributed by atoms with Gasteiger partial charge in [-0.05, 0) is 25.5 Å². The molecule has 0 saturated heterocycles. The number of unbranched alkanes of at least 4 members (excludes halogenated alkanes) is 1. The van der Waals surface area contributed by atoms with Gasteiger partial charge in [0.1, 0.15) is 0 Å². The average molecular weight is 303 g/mol. The van der Waals surface area contributed by atoms with Gasteiger partial charge in [-0.3, -0.25) is 14.7 Å². The third kappa shape index (κ3) is 4.29. The molecular formula is C15H21N5O2. The van der Waals surface area contributed by atoms with Crippen molar-refractivity contribution in [2.24, 2.45) is 5.73 Å². The number of aromatic amines is 1. The standard InChI is InChI=1S/C15H21N5O2/c16-8-3-4-9-17-13(21)7-10-18-15(22)14-11-5-1-2-6-12(11)19-20-14/h1-2,5-6H,3-4,7-10,16H2,(H,17,21)(H,18,22)(H,19,20). The predicted molar refractivity (Wildman–Crippen MR) is 84.3 cm³/mol. The average Bonchev–Trinajstić information content (AvgIpc) is 2.95. The lowest BCUT2D eigenvalue weighted by atomic mass is 10.2. The monoisotopic (exact) mass is 303 g/mol. The van der Waals surface area contributed by atoms with Crippen molar-refractivity contribution in [3.63, 3.8) is 0 Å². The number of amides is 2. The molecule has 0 bridgehead atoms. The van der Waals surface area contributed by atoms with Crippen LogP contribution in [-0.2, 0) is 4.79 Å². The van der Waals surface area contributed by atoms with Gasteiger partial charge in [0.15, 0.2) is 5.69 Å². The number of nitrogens with one attached hydrogen (secondary N) is 3. The minimum Gasteiger partial charge on any atom is -0.356 e. The van der Waals surface area contributed by atoms with Crippen LogP contribution < -0.4 is 16.4 Å². The predicted octanol–water partition coefficient (Wildman–Crippen LogP) is 0.538. The molecule has 2 amide bonds. The Hall–Kier alpha value is -2.41. The molecule has 0 unspecified atom stereocenters. The maximum absolute atomic E-state index is 12.1. The molecule has 0 aliphatic rings. The molecule has 7 nitrogen and oxygen atoms in total. The lowest BCUT2D eigenvalue weighted by Gasteiger charge is -2.05. The minimum atomic E-state index is -0.284. The van der Waals surface area contributed by atoms with Gasteiger partial charge in [0.05, 0.1) is 5.52 Å². The van der Waals surface area contributed by atoms with Crippen LogP contribution in [0.5, 0.6) is 0 Å². The van der Waals surface area contributed by atoms with Crippen molar-refractivity contribution in [2.45, 2.75) is 19.3 Å². The van der Waals surface area contributed by atoms with Crippen molar-refractivity contribution in [1.82, 2.24) is 20.8 Å². The Morgan fingerprint density at radius 2 is 1.95 bits per heavy atom. The molecule has 118 valence electrons. The first-order valence-corrected chi connectivity index (χ1v) is 7.40. The van der Waals surface area contributed by atoms with Crippen molar-refractivity contribution in [2.75, 3.05) is 19.6 Å². The summed E-state index contributed by atoms with van der Waals surface area (Å²) in [5.41, 5.74) is 6.53. The molecule has 1 heterocycles. The van der Waals surface area contributed by atoms with Crippen LogP contribution in [0.3, 0.4) is 0 Å². The summed E-state index contributed by atoms with van der Waals surface area (Å²) in [7, 11) is 0. The van der Waals surface area contributed by atoms with Gasteiger partial charge in [0, 0.05) is 24.9 Å². The van der Waals surface area contributed by atoms with E-state index in [0.717, 1.165) is 23.7 Å². The van der Waals surface area contributed by atoms with E-state index in [1.54, 1.807) is 0 Å². The Bertz CT molecular complexity index is 638. The van der Waals surface area contributed by atoms with Crippen LogP contribution in [0, 0.1) is 0 Å². The maximum atomic E-state index is 12.1. The number of hydrogen-bond donors (Lipinski definition) is 4. The summed E-state index contributed by atoms with van der Waals surface area (Å²) in [5.74, 6) is -0.363. The van der Waals surface area contributed by atoms with E-state index >= 15 is 0 Å². The van der Waals surface area contributed by atoms with E-state index in [1.165, 1.54) is 0 Å². The molecule has 2 rings (SSSR count). The van der Waals surface area contributed by atoms with Gasteiger partial charge in [-0.1, -0.05) is 18.2 Å². The zero-order valence-corrected chi connectivity index (χ0v) is 12.4. The number of aromatic nitrogens is 2. The third-order valence-corrected chi connectivity index (χ3v) is 3.28. The van der Waals surface area contributed by atoms with Crippen LogP contribution in [0.4, 0.5) is 0 Å². The van der Waals surface area contributed by atoms with Crippen LogP contribution in [0.1, 0.15) is 29.8 Å². The third-order valence-electron chi connectivity index (χ3n) is 3.28.